The van der Waals surface area contributed by atoms with Gasteiger partial charge in [-0.25, -0.2) is 19.3 Å². The van der Waals surface area contributed by atoms with E-state index in [1.54, 1.807) is 18.2 Å². The number of aromatic nitrogens is 5. The van der Waals surface area contributed by atoms with Crippen molar-refractivity contribution in [1.29, 1.82) is 0 Å². The maximum absolute atomic E-state index is 14.6. The molecule has 4 aromatic rings. The second kappa shape index (κ2) is 8.99. The van der Waals surface area contributed by atoms with Crippen molar-refractivity contribution in [2.45, 2.75) is 26.5 Å². The molecule has 5 rings (SSSR count). The first kappa shape index (κ1) is 21.1. The average molecular weight is 450 g/mol. The lowest BCUT2D eigenvalue weighted by Crippen LogP contribution is -3.21. The van der Waals surface area contributed by atoms with Crippen LogP contribution in [0.25, 0.3) is 10.9 Å². The van der Waals surface area contributed by atoms with Gasteiger partial charge in [-0.05, 0) is 32.0 Å². The van der Waals surface area contributed by atoms with Crippen LogP contribution >= 0.6 is 0 Å². The van der Waals surface area contributed by atoms with Gasteiger partial charge in [-0.3, -0.25) is 4.68 Å². The van der Waals surface area contributed by atoms with E-state index in [0.717, 1.165) is 37.1 Å². The highest BCUT2D eigenvalue weighted by molar-refractivity contribution is 5.91. The molecule has 0 aliphatic carbocycles. The van der Waals surface area contributed by atoms with E-state index in [0.29, 0.717) is 23.1 Å². The van der Waals surface area contributed by atoms with Crippen LogP contribution in [0.1, 0.15) is 13.8 Å². The molecule has 1 aliphatic heterocycles. The standard InChI is InChI=1S/C23H24FN7O2/c1-3-30-12-17(13-30)32-16-10-19(24)23(25-11-16)33-15-5-6-20-18(9-15)22(27-14-26-20)28-21-7-8-31(4-2)29-21/h5-11,14,17H,3-4,12-13H2,1-2H3,(H,26,27,28,29)/p+1. The Morgan fingerprint density at radius 1 is 1.12 bits per heavy atom. The summed E-state index contributed by atoms with van der Waals surface area (Å²) in [7, 11) is 0. The van der Waals surface area contributed by atoms with Gasteiger partial charge in [-0.1, -0.05) is 0 Å². The highest BCUT2D eigenvalue weighted by Crippen LogP contribution is 2.30. The summed E-state index contributed by atoms with van der Waals surface area (Å²) in [4.78, 5) is 14.2. The molecule has 9 nitrogen and oxygen atoms in total. The molecule has 0 bridgehead atoms. The number of hydrogen-bond donors (Lipinski definition) is 2. The molecule has 0 amide bonds. The van der Waals surface area contributed by atoms with Crippen LogP contribution in [0.4, 0.5) is 16.0 Å². The Morgan fingerprint density at radius 3 is 2.76 bits per heavy atom. The van der Waals surface area contributed by atoms with Crippen LogP contribution in [0.2, 0.25) is 0 Å². The number of anilines is 2. The Morgan fingerprint density at radius 2 is 2.00 bits per heavy atom. The Hall–Kier alpha value is -3.79. The third-order valence-corrected chi connectivity index (χ3v) is 5.65. The van der Waals surface area contributed by atoms with Crippen LogP contribution in [0.3, 0.4) is 0 Å². The number of halogens is 1. The number of rotatable bonds is 8. The normalized spacial score (nSPS) is 17.5. The van der Waals surface area contributed by atoms with Crippen molar-refractivity contribution in [1.82, 2.24) is 24.7 Å². The largest absolute Gasteiger partial charge is 0.477 e. The Bertz CT molecular complexity index is 1270. The van der Waals surface area contributed by atoms with Crippen LogP contribution < -0.4 is 19.7 Å². The number of quaternary nitrogens is 1. The summed E-state index contributed by atoms with van der Waals surface area (Å²) in [6.45, 7) is 7.83. The topological polar surface area (TPSA) is 91.4 Å². The van der Waals surface area contributed by atoms with Crippen LogP contribution in [0.5, 0.6) is 17.4 Å². The Labute approximate surface area is 190 Å². The van der Waals surface area contributed by atoms with E-state index in [2.05, 4.69) is 32.3 Å². The number of aryl methyl sites for hydroxylation is 1. The second-order valence-corrected chi connectivity index (χ2v) is 7.89. The lowest BCUT2D eigenvalue weighted by atomic mass is 10.2. The summed E-state index contributed by atoms with van der Waals surface area (Å²) in [6.07, 6.45) is 4.95. The summed E-state index contributed by atoms with van der Waals surface area (Å²) in [5, 5.41) is 8.34. The van der Waals surface area contributed by atoms with E-state index in [1.165, 1.54) is 23.5 Å². The summed E-state index contributed by atoms with van der Waals surface area (Å²) >= 11 is 0. The minimum Gasteiger partial charge on any atom is -0.477 e. The van der Waals surface area contributed by atoms with Crippen molar-refractivity contribution in [2.75, 3.05) is 25.0 Å². The van der Waals surface area contributed by atoms with Crippen molar-refractivity contribution in [3.05, 3.63) is 54.9 Å². The van der Waals surface area contributed by atoms with Gasteiger partial charge in [0, 0.05) is 30.3 Å². The fourth-order valence-corrected chi connectivity index (χ4v) is 3.73. The molecule has 0 atom stereocenters. The summed E-state index contributed by atoms with van der Waals surface area (Å²) in [5.74, 6) is 1.36. The maximum atomic E-state index is 14.6. The molecular formula is C23H25FN7O2+. The van der Waals surface area contributed by atoms with Crippen molar-refractivity contribution in [3.8, 4) is 17.4 Å². The number of benzene rings is 1. The van der Waals surface area contributed by atoms with Crippen molar-refractivity contribution >= 4 is 22.5 Å². The quantitative estimate of drug-likeness (QED) is 0.426. The predicted octanol–water partition coefficient (Wildman–Crippen LogP) is 2.58. The molecule has 3 aromatic heterocycles. The van der Waals surface area contributed by atoms with Gasteiger partial charge in [0.1, 0.15) is 36.7 Å². The van der Waals surface area contributed by atoms with Gasteiger partial charge < -0.3 is 19.7 Å². The fraction of sp³-hybridized carbons (Fsp3) is 0.304. The van der Waals surface area contributed by atoms with E-state index in [-0.39, 0.29) is 12.0 Å². The molecule has 1 saturated heterocycles. The number of pyridine rings is 1. The van der Waals surface area contributed by atoms with Crippen LogP contribution in [-0.2, 0) is 6.54 Å². The molecule has 0 radical (unpaired) electrons. The van der Waals surface area contributed by atoms with Gasteiger partial charge in [0.25, 0.3) is 5.88 Å². The number of fused-ring (bicyclic) bond motifs is 1. The smallest absolute Gasteiger partial charge is 0.256 e. The maximum Gasteiger partial charge on any atom is 0.256 e. The minimum atomic E-state index is -0.584. The van der Waals surface area contributed by atoms with Crippen molar-refractivity contribution in [3.63, 3.8) is 0 Å². The molecule has 4 heterocycles. The first-order valence-electron chi connectivity index (χ1n) is 11.0. The molecule has 1 aromatic carbocycles. The number of hydrogen-bond acceptors (Lipinski definition) is 7. The predicted molar refractivity (Wildman–Crippen MR) is 121 cm³/mol. The van der Waals surface area contributed by atoms with Crippen molar-refractivity contribution < 1.29 is 18.8 Å². The monoisotopic (exact) mass is 450 g/mol. The third kappa shape index (κ3) is 4.56. The zero-order valence-corrected chi connectivity index (χ0v) is 18.5. The first-order valence-corrected chi connectivity index (χ1v) is 11.0. The van der Waals surface area contributed by atoms with E-state index in [4.69, 9.17) is 9.47 Å². The van der Waals surface area contributed by atoms with Crippen molar-refractivity contribution in [2.24, 2.45) is 0 Å². The van der Waals surface area contributed by atoms with E-state index >= 15 is 0 Å². The Balaban J connectivity index is 1.33. The number of nitrogens with one attached hydrogen (secondary N) is 2. The second-order valence-electron chi connectivity index (χ2n) is 7.89. The van der Waals surface area contributed by atoms with Gasteiger partial charge in [0.15, 0.2) is 17.7 Å². The molecule has 0 spiro atoms. The molecule has 10 heteroatoms. The van der Waals surface area contributed by atoms with Gasteiger partial charge in [-0.2, -0.15) is 5.10 Å². The highest BCUT2D eigenvalue weighted by atomic mass is 19.1. The lowest BCUT2D eigenvalue weighted by Gasteiger charge is -2.34. The average Bonchev–Trinajstić information content (AvgIpc) is 3.25. The first-order chi connectivity index (χ1) is 16.1. The van der Waals surface area contributed by atoms with E-state index < -0.39 is 5.82 Å². The van der Waals surface area contributed by atoms with Crippen LogP contribution in [0.15, 0.2) is 49.1 Å². The van der Waals surface area contributed by atoms with Crippen LogP contribution in [-0.4, -0.2) is 50.5 Å². The fourth-order valence-electron chi connectivity index (χ4n) is 3.73. The zero-order valence-electron chi connectivity index (χ0n) is 18.5. The van der Waals surface area contributed by atoms with Gasteiger partial charge in [0.2, 0.25) is 0 Å². The number of nitrogens with zero attached hydrogens (tertiary/aromatic N) is 5. The van der Waals surface area contributed by atoms with E-state index in [1.807, 2.05) is 23.9 Å². The van der Waals surface area contributed by atoms with E-state index in [9.17, 15) is 4.39 Å². The third-order valence-electron chi connectivity index (χ3n) is 5.65. The van der Waals surface area contributed by atoms with Gasteiger partial charge in [0.05, 0.1) is 18.3 Å². The molecule has 2 N–H and O–H groups in total. The molecule has 1 aliphatic rings. The molecule has 0 unspecified atom stereocenters. The summed E-state index contributed by atoms with van der Waals surface area (Å²) in [5.41, 5.74) is 0.718. The molecule has 33 heavy (non-hydrogen) atoms. The van der Waals surface area contributed by atoms with Crippen LogP contribution in [0, 0.1) is 5.82 Å². The molecular weight excluding hydrogens is 425 g/mol. The molecule has 0 saturated carbocycles. The summed E-state index contributed by atoms with van der Waals surface area (Å²) < 4.78 is 28.0. The molecule has 1 fully saturated rings. The minimum absolute atomic E-state index is 0.100. The molecule has 170 valence electrons. The Kier molecular flexibility index (Phi) is 5.74. The van der Waals surface area contributed by atoms with Gasteiger partial charge >= 0.3 is 0 Å². The lowest BCUT2D eigenvalue weighted by molar-refractivity contribution is -0.945. The number of likely N-dealkylation sites (N-methyl/N-ethyl adjacent to an activating group) is 1. The number of ether oxygens (including phenoxy) is 2. The number of likely N-dealkylation sites (tertiary alicyclic amines) is 1. The summed E-state index contributed by atoms with van der Waals surface area (Å²) in [6, 6.07) is 8.43. The SMILES string of the molecule is CCn1ccc(Nc2ncnc3ccc(Oc4ncc(OC5C[NH+](CC)C5)cc4F)cc23)n1. The highest BCUT2D eigenvalue weighted by Gasteiger charge is 2.32. The zero-order chi connectivity index (χ0) is 22.8. The van der Waals surface area contributed by atoms with Gasteiger partial charge in [-0.15, -0.1) is 0 Å².